The maximum atomic E-state index is 12.3. The first kappa shape index (κ1) is 21.7. The van der Waals surface area contributed by atoms with Gasteiger partial charge in [-0.3, -0.25) is 9.69 Å². The first-order chi connectivity index (χ1) is 11.3. The third-order valence-corrected chi connectivity index (χ3v) is 3.44. The lowest BCUT2D eigenvalue weighted by atomic mass is 10.2. The largest absolute Gasteiger partial charge is 0.460 e. The summed E-state index contributed by atoms with van der Waals surface area (Å²) in [5.41, 5.74) is 0. The molecule has 0 aromatic carbocycles. The van der Waals surface area contributed by atoms with Crippen LogP contribution in [0, 0.1) is 0 Å². The summed E-state index contributed by atoms with van der Waals surface area (Å²) >= 11 is 0. The van der Waals surface area contributed by atoms with Crippen LogP contribution in [-0.4, -0.2) is 62.1 Å². The van der Waals surface area contributed by atoms with E-state index >= 15 is 0 Å². The van der Waals surface area contributed by atoms with Crippen molar-refractivity contribution in [3.8, 4) is 0 Å². The molecule has 1 fully saturated rings. The molecule has 0 spiro atoms. The zero-order valence-corrected chi connectivity index (χ0v) is 15.5. The fraction of sp³-hybridized carbons (Fsp3) is 0.722. The van der Waals surface area contributed by atoms with Gasteiger partial charge in [-0.25, -0.2) is 0 Å². The lowest BCUT2D eigenvalue weighted by Crippen LogP contribution is -2.49. The van der Waals surface area contributed by atoms with Gasteiger partial charge < -0.3 is 14.4 Å². The molecule has 0 aromatic heterocycles. The second-order valence-corrected chi connectivity index (χ2v) is 4.76. The molecule has 1 amide bonds. The molecular weight excluding hydrogens is 292 g/mol. The van der Waals surface area contributed by atoms with Crippen LogP contribution in [0.15, 0.2) is 24.2 Å². The molecule has 2 aliphatic heterocycles. The summed E-state index contributed by atoms with van der Waals surface area (Å²) < 4.78 is 10.4. The molecule has 1 saturated heterocycles. The van der Waals surface area contributed by atoms with Crippen LogP contribution >= 0.6 is 0 Å². The van der Waals surface area contributed by atoms with Gasteiger partial charge in [-0.2, -0.15) is 0 Å². The van der Waals surface area contributed by atoms with E-state index in [-0.39, 0.29) is 5.91 Å². The van der Waals surface area contributed by atoms with Gasteiger partial charge in [0, 0.05) is 39.8 Å². The molecule has 134 valence electrons. The third-order valence-electron chi connectivity index (χ3n) is 3.44. The Labute approximate surface area is 141 Å². The number of hydrogen-bond donors (Lipinski definition) is 0. The van der Waals surface area contributed by atoms with E-state index in [2.05, 4.69) is 4.90 Å². The number of methoxy groups -OCH3 is 1. The smallest absolute Gasteiger partial charge is 0.289 e. The summed E-state index contributed by atoms with van der Waals surface area (Å²) in [6.45, 7) is 13.0. The van der Waals surface area contributed by atoms with Crippen LogP contribution in [0.25, 0.3) is 0 Å². The molecule has 0 saturated carbocycles. The SMILES string of the molecule is CC.CC.COCCN1CCN(C(=O)C2=CCCC=CO2)CC1. The normalized spacial score (nSPS) is 17.6. The minimum Gasteiger partial charge on any atom is -0.460 e. The number of carbonyl (C=O) groups is 1. The maximum Gasteiger partial charge on any atom is 0.289 e. The van der Waals surface area contributed by atoms with Gasteiger partial charge in [0.15, 0.2) is 5.76 Å². The van der Waals surface area contributed by atoms with Crippen LogP contribution in [0.1, 0.15) is 40.5 Å². The average Bonchev–Trinajstić information content (AvgIpc) is 2.92. The number of rotatable bonds is 4. The second kappa shape index (κ2) is 14.3. The lowest BCUT2D eigenvalue weighted by Gasteiger charge is -2.34. The Morgan fingerprint density at radius 3 is 2.39 bits per heavy atom. The van der Waals surface area contributed by atoms with E-state index < -0.39 is 0 Å². The molecule has 0 bridgehead atoms. The van der Waals surface area contributed by atoms with Gasteiger partial charge in [-0.05, 0) is 25.0 Å². The second-order valence-electron chi connectivity index (χ2n) is 4.76. The minimum absolute atomic E-state index is 0.0120. The predicted molar refractivity (Wildman–Crippen MR) is 95.1 cm³/mol. The number of nitrogens with zero attached hydrogens (tertiary/aromatic N) is 2. The van der Waals surface area contributed by atoms with Crippen LogP contribution in [0.3, 0.4) is 0 Å². The van der Waals surface area contributed by atoms with E-state index in [4.69, 9.17) is 9.47 Å². The number of ether oxygens (including phenoxy) is 2. The number of piperazine rings is 1. The van der Waals surface area contributed by atoms with Crippen molar-refractivity contribution in [1.82, 2.24) is 9.80 Å². The Morgan fingerprint density at radius 2 is 1.78 bits per heavy atom. The fourth-order valence-corrected chi connectivity index (χ4v) is 2.24. The van der Waals surface area contributed by atoms with Crippen molar-refractivity contribution < 1.29 is 14.3 Å². The number of carbonyl (C=O) groups excluding carboxylic acids is 1. The summed E-state index contributed by atoms with van der Waals surface area (Å²) in [5, 5.41) is 0. The number of hydrogen-bond acceptors (Lipinski definition) is 4. The minimum atomic E-state index is 0.0120. The van der Waals surface area contributed by atoms with E-state index in [1.807, 2.05) is 44.7 Å². The molecule has 2 heterocycles. The monoisotopic (exact) mass is 326 g/mol. The molecular formula is C18H34N2O3. The predicted octanol–water partition coefficient (Wildman–Crippen LogP) is 3.04. The molecule has 5 nitrogen and oxygen atoms in total. The van der Waals surface area contributed by atoms with Gasteiger partial charge in [-0.1, -0.05) is 27.7 Å². The van der Waals surface area contributed by atoms with Gasteiger partial charge in [0.25, 0.3) is 5.91 Å². The summed E-state index contributed by atoms with van der Waals surface area (Å²) in [5.74, 6) is 0.483. The summed E-state index contributed by atoms with van der Waals surface area (Å²) in [7, 11) is 1.71. The lowest BCUT2D eigenvalue weighted by molar-refractivity contribution is -0.131. The van der Waals surface area contributed by atoms with Crippen molar-refractivity contribution in [1.29, 1.82) is 0 Å². The summed E-state index contributed by atoms with van der Waals surface area (Å²) in [4.78, 5) is 16.5. The molecule has 0 N–H and O–H groups in total. The summed E-state index contributed by atoms with van der Waals surface area (Å²) in [6.07, 6.45) is 7.25. The van der Waals surface area contributed by atoms with Crippen LogP contribution in [0.2, 0.25) is 0 Å². The maximum absolute atomic E-state index is 12.3. The van der Waals surface area contributed by atoms with Crippen LogP contribution in [-0.2, 0) is 14.3 Å². The zero-order chi connectivity index (χ0) is 17.5. The van der Waals surface area contributed by atoms with Gasteiger partial charge in [0.05, 0.1) is 12.9 Å². The van der Waals surface area contributed by atoms with Gasteiger partial charge in [-0.15, -0.1) is 0 Å². The fourth-order valence-electron chi connectivity index (χ4n) is 2.24. The highest BCUT2D eigenvalue weighted by Gasteiger charge is 2.24. The Kier molecular flexibility index (Phi) is 13.4. The van der Waals surface area contributed by atoms with Crippen LogP contribution < -0.4 is 0 Å². The first-order valence-electron chi connectivity index (χ1n) is 8.83. The van der Waals surface area contributed by atoms with Crippen molar-refractivity contribution in [3.63, 3.8) is 0 Å². The Hall–Kier alpha value is -1.33. The van der Waals surface area contributed by atoms with E-state index in [1.165, 1.54) is 0 Å². The molecule has 2 rings (SSSR count). The van der Waals surface area contributed by atoms with E-state index in [9.17, 15) is 4.79 Å². The van der Waals surface area contributed by atoms with Crippen molar-refractivity contribution in [2.24, 2.45) is 0 Å². The Balaban J connectivity index is 0.00000112. The number of allylic oxidation sites excluding steroid dienone is 2. The highest BCUT2D eigenvalue weighted by Crippen LogP contribution is 2.13. The molecule has 5 heteroatoms. The first-order valence-corrected chi connectivity index (χ1v) is 8.83. The summed E-state index contributed by atoms with van der Waals surface area (Å²) in [6, 6.07) is 0. The van der Waals surface area contributed by atoms with Gasteiger partial charge in [0.2, 0.25) is 0 Å². The van der Waals surface area contributed by atoms with Crippen molar-refractivity contribution in [2.75, 3.05) is 46.4 Å². The highest BCUT2D eigenvalue weighted by atomic mass is 16.5. The number of amides is 1. The molecule has 0 atom stereocenters. The highest BCUT2D eigenvalue weighted by molar-refractivity contribution is 5.91. The van der Waals surface area contributed by atoms with Crippen molar-refractivity contribution in [2.45, 2.75) is 40.5 Å². The van der Waals surface area contributed by atoms with E-state index in [0.717, 1.165) is 52.2 Å². The molecule has 0 radical (unpaired) electrons. The standard InChI is InChI=1S/C14H22N2O3.2C2H6/c1-18-12-10-15-6-8-16(9-7-15)14(17)13-5-3-2-4-11-19-13;2*1-2/h4-5,11H,2-3,6-10,12H2,1H3;2*1-2H3. The Morgan fingerprint density at radius 1 is 1.13 bits per heavy atom. The van der Waals surface area contributed by atoms with E-state index in [1.54, 1.807) is 13.4 Å². The average molecular weight is 326 g/mol. The van der Waals surface area contributed by atoms with Gasteiger partial charge in [0.1, 0.15) is 0 Å². The van der Waals surface area contributed by atoms with Crippen molar-refractivity contribution in [3.05, 3.63) is 24.2 Å². The molecule has 2 aliphatic rings. The third kappa shape index (κ3) is 8.18. The topological polar surface area (TPSA) is 42.0 Å². The zero-order valence-electron chi connectivity index (χ0n) is 15.5. The van der Waals surface area contributed by atoms with Crippen LogP contribution in [0.5, 0.6) is 0 Å². The van der Waals surface area contributed by atoms with Crippen molar-refractivity contribution >= 4 is 5.91 Å². The van der Waals surface area contributed by atoms with Gasteiger partial charge >= 0.3 is 0 Å². The molecule has 0 aliphatic carbocycles. The van der Waals surface area contributed by atoms with E-state index in [0.29, 0.717) is 5.76 Å². The Bertz CT molecular complexity index is 359. The van der Waals surface area contributed by atoms with Crippen LogP contribution in [0.4, 0.5) is 0 Å². The quantitative estimate of drug-likeness (QED) is 0.796. The molecule has 0 aromatic rings. The molecule has 23 heavy (non-hydrogen) atoms. The molecule has 0 unspecified atom stereocenters.